The van der Waals surface area contributed by atoms with Crippen LogP contribution in [0.25, 0.3) is 0 Å². The van der Waals surface area contributed by atoms with Gasteiger partial charge in [0.2, 0.25) is 0 Å². The fraction of sp³-hybridized carbons (Fsp3) is 0.909. The molecule has 0 amide bonds. The van der Waals surface area contributed by atoms with E-state index in [0.717, 1.165) is 6.04 Å². The van der Waals surface area contributed by atoms with Crippen LogP contribution in [0.3, 0.4) is 0 Å². The van der Waals surface area contributed by atoms with Crippen molar-refractivity contribution in [3.63, 3.8) is 0 Å². The van der Waals surface area contributed by atoms with Crippen LogP contribution in [0, 0.1) is 6.42 Å². The SMILES string of the molecule is CCCCC[CH]C1CCCCN1. The molecule has 1 nitrogen and oxygen atoms in total. The topological polar surface area (TPSA) is 12.0 Å². The van der Waals surface area contributed by atoms with E-state index in [1.807, 2.05) is 0 Å². The van der Waals surface area contributed by atoms with Gasteiger partial charge in [-0.05, 0) is 32.2 Å². The Morgan fingerprint density at radius 2 is 2.25 bits per heavy atom. The van der Waals surface area contributed by atoms with Crippen molar-refractivity contribution in [3.05, 3.63) is 6.42 Å². The zero-order chi connectivity index (χ0) is 8.65. The summed E-state index contributed by atoms with van der Waals surface area (Å²) in [7, 11) is 0. The minimum atomic E-state index is 0.732. The zero-order valence-corrected chi connectivity index (χ0v) is 8.31. The minimum absolute atomic E-state index is 0.732. The molecule has 0 aromatic carbocycles. The first-order valence-electron chi connectivity index (χ1n) is 5.50. The van der Waals surface area contributed by atoms with E-state index in [1.165, 1.54) is 51.5 Å². The summed E-state index contributed by atoms with van der Waals surface area (Å²) in [4.78, 5) is 0. The molecule has 1 heterocycles. The lowest BCUT2D eigenvalue weighted by atomic mass is 9.99. The Bertz CT molecular complexity index is 95.2. The Hall–Kier alpha value is -0.0400. The van der Waals surface area contributed by atoms with Gasteiger partial charge in [0.05, 0.1) is 0 Å². The second-order valence-electron chi connectivity index (χ2n) is 3.79. The Morgan fingerprint density at radius 3 is 2.92 bits per heavy atom. The van der Waals surface area contributed by atoms with E-state index in [0.29, 0.717) is 0 Å². The molecule has 0 saturated carbocycles. The van der Waals surface area contributed by atoms with Crippen LogP contribution in [0.1, 0.15) is 51.9 Å². The largest absolute Gasteiger partial charge is 0.314 e. The van der Waals surface area contributed by atoms with Crippen molar-refractivity contribution < 1.29 is 0 Å². The number of unbranched alkanes of at least 4 members (excludes halogenated alkanes) is 3. The standard InChI is InChI=1S/C11H22N/c1-2-3-4-5-8-11-9-6-7-10-12-11/h8,11-12H,2-7,9-10H2,1H3. The molecular weight excluding hydrogens is 146 g/mol. The number of piperidine rings is 1. The third-order valence-electron chi connectivity index (χ3n) is 2.61. The average Bonchev–Trinajstić information content (AvgIpc) is 2.14. The first kappa shape index (κ1) is 10.0. The van der Waals surface area contributed by atoms with Gasteiger partial charge < -0.3 is 5.32 Å². The predicted octanol–water partition coefficient (Wildman–Crippen LogP) is 2.91. The van der Waals surface area contributed by atoms with Crippen LogP contribution in [-0.4, -0.2) is 12.6 Å². The molecular formula is C11H22N. The van der Waals surface area contributed by atoms with E-state index in [-0.39, 0.29) is 0 Å². The maximum absolute atomic E-state index is 3.54. The molecule has 12 heavy (non-hydrogen) atoms. The molecule has 0 aromatic rings. The van der Waals surface area contributed by atoms with Gasteiger partial charge in [0.25, 0.3) is 0 Å². The zero-order valence-electron chi connectivity index (χ0n) is 8.31. The monoisotopic (exact) mass is 168 g/mol. The van der Waals surface area contributed by atoms with Crippen LogP contribution in [-0.2, 0) is 0 Å². The maximum atomic E-state index is 3.54. The van der Waals surface area contributed by atoms with Crippen LogP contribution in [0.4, 0.5) is 0 Å². The molecule has 0 bridgehead atoms. The lowest BCUT2D eigenvalue weighted by molar-refractivity contribution is 0.425. The van der Waals surface area contributed by atoms with Crippen molar-refractivity contribution in [1.29, 1.82) is 0 Å². The van der Waals surface area contributed by atoms with E-state index in [2.05, 4.69) is 18.7 Å². The number of hydrogen-bond donors (Lipinski definition) is 1. The highest BCUT2D eigenvalue weighted by atomic mass is 14.9. The van der Waals surface area contributed by atoms with Crippen LogP contribution < -0.4 is 5.32 Å². The Balaban J connectivity index is 1.91. The summed E-state index contributed by atoms with van der Waals surface area (Å²) >= 11 is 0. The smallest absolute Gasteiger partial charge is 0.00985 e. The third kappa shape index (κ3) is 4.10. The predicted molar refractivity (Wildman–Crippen MR) is 54.1 cm³/mol. The lowest BCUT2D eigenvalue weighted by Gasteiger charge is -2.22. The van der Waals surface area contributed by atoms with Crippen molar-refractivity contribution in [2.45, 2.75) is 57.9 Å². The van der Waals surface area contributed by atoms with Crippen LogP contribution >= 0.6 is 0 Å². The first-order chi connectivity index (χ1) is 5.93. The van der Waals surface area contributed by atoms with Crippen LogP contribution in [0.5, 0.6) is 0 Å². The molecule has 71 valence electrons. The summed E-state index contributed by atoms with van der Waals surface area (Å²) in [6.07, 6.45) is 12.1. The molecule has 1 aliphatic rings. The summed E-state index contributed by atoms with van der Waals surface area (Å²) in [5.41, 5.74) is 0. The Kier molecular flexibility index (Phi) is 5.42. The van der Waals surface area contributed by atoms with E-state index in [9.17, 15) is 0 Å². The lowest BCUT2D eigenvalue weighted by Crippen LogP contribution is -2.34. The highest BCUT2D eigenvalue weighted by Gasteiger charge is 2.11. The highest BCUT2D eigenvalue weighted by molar-refractivity contribution is 4.85. The molecule has 0 aliphatic carbocycles. The van der Waals surface area contributed by atoms with Crippen LogP contribution in [0.2, 0.25) is 0 Å². The summed E-state index contributed by atoms with van der Waals surface area (Å²) in [6, 6.07) is 0.732. The van der Waals surface area contributed by atoms with Gasteiger partial charge in [0.15, 0.2) is 0 Å². The van der Waals surface area contributed by atoms with E-state index in [4.69, 9.17) is 0 Å². The molecule has 1 saturated heterocycles. The number of hydrogen-bond acceptors (Lipinski definition) is 1. The quantitative estimate of drug-likeness (QED) is 0.622. The van der Waals surface area contributed by atoms with Crippen molar-refractivity contribution in [2.24, 2.45) is 0 Å². The van der Waals surface area contributed by atoms with Gasteiger partial charge in [-0.1, -0.05) is 32.6 Å². The second-order valence-corrected chi connectivity index (χ2v) is 3.79. The molecule has 1 heteroatoms. The molecule has 1 radical (unpaired) electrons. The van der Waals surface area contributed by atoms with Gasteiger partial charge >= 0.3 is 0 Å². The average molecular weight is 168 g/mol. The molecule has 1 aliphatic heterocycles. The Labute approximate surface area is 76.9 Å². The third-order valence-corrected chi connectivity index (χ3v) is 2.61. The van der Waals surface area contributed by atoms with E-state index < -0.39 is 0 Å². The maximum Gasteiger partial charge on any atom is 0.00985 e. The second kappa shape index (κ2) is 6.47. The molecule has 1 atom stereocenters. The molecule has 1 fully saturated rings. The van der Waals surface area contributed by atoms with Crippen molar-refractivity contribution in [3.8, 4) is 0 Å². The number of rotatable bonds is 5. The summed E-state index contributed by atoms with van der Waals surface area (Å²) in [5, 5.41) is 3.54. The summed E-state index contributed by atoms with van der Waals surface area (Å²) in [5.74, 6) is 0. The van der Waals surface area contributed by atoms with Gasteiger partial charge in [-0.3, -0.25) is 0 Å². The fourth-order valence-electron chi connectivity index (χ4n) is 1.79. The molecule has 1 unspecified atom stereocenters. The van der Waals surface area contributed by atoms with E-state index >= 15 is 0 Å². The molecule has 1 rings (SSSR count). The van der Waals surface area contributed by atoms with Gasteiger partial charge in [-0.2, -0.15) is 0 Å². The van der Waals surface area contributed by atoms with E-state index in [1.54, 1.807) is 0 Å². The molecule has 0 aromatic heterocycles. The first-order valence-corrected chi connectivity index (χ1v) is 5.50. The summed E-state index contributed by atoms with van der Waals surface area (Å²) < 4.78 is 0. The highest BCUT2D eigenvalue weighted by Crippen LogP contribution is 2.12. The van der Waals surface area contributed by atoms with Gasteiger partial charge in [0, 0.05) is 6.04 Å². The van der Waals surface area contributed by atoms with Gasteiger partial charge in [-0.15, -0.1) is 0 Å². The molecule has 0 spiro atoms. The number of nitrogens with one attached hydrogen (secondary N) is 1. The Morgan fingerprint density at radius 1 is 1.33 bits per heavy atom. The van der Waals surface area contributed by atoms with Crippen LogP contribution in [0.15, 0.2) is 0 Å². The van der Waals surface area contributed by atoms with Crippen molar-refractivity contribution in [2.75, 3.05) is 6.54 Å². The minimum Gasteiger partial charge on any atom is -0.314 e. The van der Waals surface area contributed by atoms with Gasteiger partial charge in [-0.25, -0.2) is 0 Å². The fourth-order valence-corrected chi connectivity index (χ4v) is 1.79. The van der Waals surface area contributed by atoms with Crippen molar-refractivity contribution in [1.82, 2.24) is 5.32 Å². The summed E-state index contributed by atoms with van der Waals surface area (Å²) in [6.45, 7) is 3.49. The molecule has 1 N–H and O–H groups in total. The van der Waals surface area contributed by atoms with Gasteiger partial charge in [0.1, 0.15) is 0 Å². The normalized spacial score (nSPS) is 24.2. The van der Waals surface area contributed by atoms with Crippen molar-refractivity contribution >= 4 is 0 Å².